The van der Waals surface area contributed by atoms with Crippen LogP contribution in [0, 0.1) is 6.42 Å². The summed E-state index contributed by atoms with van der Waals surface area (Å²) in [5.41, 5.74) is 4.80. The lowest BCUT2D eigenvalue weighted by Crippen LogP contribution is -2.40. The quantitative estimate of drug-likeness (QED) is 0.463. The molecule has 0 aromatic carbocycles. The number of amides is 1. The highest BCUT2D eigenvalue weighted by molar-refractivity contribution is 5.81. The van der Waals surface area contributed by atoms with Crippen LogP contribution in [0.4, 0.5) is 0 Å². The van der Waals surface area contributed by atoms with Crippen LogP contribution in [0.2, 0.25) is 0 Å². The Labute approximate surface area is 41.4 Å². The van der Waals surface area contributed by atoms with E-state index >= 15 is 0 Å². The van der Waals surface area contributed by atoms with E-state index in [1.54, 1.807) is 6.42 Å². The molecule has 39 valence electrons. The van der Waals surface area contributed by atoms with E-state index in [9.17, 15) is 4.79 Å². The molecule has 0 bridgehead atoms. The van der Waals surface area contributed by atoms with E-state index in [0.29, 0.717) is 6.61 Å². The molecule has 1 atom stereocenters. The van der Waals surface area contributed by atoms with E-state index < -0.39 is 12.0 Å². The van der Waals surface area contributed by atoms with E-state index in [1.807, 2.05) is 0 Å². The Bertz CT molecular complexity index is 87.7. The third-order valence-corrected chi connectivity index (χ3v) is 0.867. The van der Waals surface area contributed by atoms with E-state index in [2.05, 4.69) is 4.74 Å². The molecule has 7 heavy (non-hydrogen) atoms. The predicted molar refractivity (Wildman–Crippen MR) is 23.2 cm³/mol. The summed E-state index contributed by atoms with van der Waals surface area (Å²) < 4.78 is 4.66. The zero-order valence-corrected chi connectivity index (χ0v) is 3.76. The molecule has 3 nitrogen and oxygen atoms in total. The molecule has 1 rings (SSSR count). The van der Waals surface area contributed by atoms with Crippen LogP contribution in [-0.2, 0) is 9.53 Å². The Hall–Kier alpha value is -0.570. The van der Waals surface area contributed by atoms with Gasteiger partial charge in [0.15, 0.2) is 0 Å². The summed E-state index contributed by atoms with van der Waals surface area (Å²) in [5, 5.41) is 0. The number of nitrogens with two attached hydrogens (primary N) is 1. The zero-order chi connectivity index (χ0) is 5.28. The monoisotopic (exact) mass is 100 g/mol. The Balaban J connectivity index is 2.27. The van der Waals surface area contributed by atoms with Crippen molar-refractivity contribution >= 4 is 5.91 Å². The summed E-state index contributed by atoms with van der Waals surface area (Å²) in [6.07, 6.45) is 1.32. The first-order valence-corrected chi connectivity index (χ1v) is 2.05. The third kappa shape index (κ3) is 0.718. The predicted octanol–water partition coefficient (Wildman–Crippen LogP) is -0.925. The minimum atomic E-state index is -0.403. The van der Waals surface area contributed by atoms with Crippen molar-refractivity contribution in [3.8, 4) is 0 Å². The largest absolute Gasteiger partial charge is 0.368 e. The van der Waals surface area contributed by atoms with Crippen LogP contribution in [0.15, 0.2) is 0 Å². The molecule has 0 saturated carbocycles. The molecule has 1 amide bonds. The normalized spacial score (nSPS) is 28.9. The summed E-state index contributed by atoms with van der Waals surface area (Å²) >= 11 is 0. The van der Waals surface area contributed by atoms with Crippen LogP contribution >= 0.6 is 0 Å². The molecule has 0 aliphatic carbocycles. The number of hydrogen-bond acceptors (Lipinski definition) is 2. The Morgan fingerprint density at radius 3 is 2.57 bits per heavy atom. The number of primary amides is 1. The fourth-order valence-corrected chi connectivity index (χ4v) is 0.391. The number of hydrogen-bond donors (Lipinski definition) is 1. The third-order valence-electron chi connectivity index (χ3n) is 0.867. The lowest BCUT2D eigenvalue weighted by molar-refractivity contribution is -0.133. The van der Waals surface area contributed by atoms with Gasteiger partial charge >= 0.3 is 0 Å². The van der Waals surface area contributed by atoms with Crippen LogP contribution in [-0.4, -0.2) is 18.6 Å². The molecule has 1 fully saturated rings. The first-order chi connectivity index (χ1) is 3.30. The lowest BCUT2D eigenvalue weighted by Gasteiger charge is -2.21. The molecule has 1 aliphatic heterocycles. The van der Waals surface area contributed by atoms with E-state index in [1.165, 1.54) is 0 Å². The summed E-state index contributed by atoms with van der Waals surface area (Å²) in [6, 6.07) is 0. The fraction of sp³-hybridized carbons (Fsp3) is 0.500. The van der Waals surface area contributed by atoms with Crippen LogP contribution in [0.5, 0.6) is 0 Å². The first kappa shape index (κ1) is 4.59. The van der Waals surface area contributed by atoms with Crippen LogP contribution in [0.25, 0.3) is 0 Å². The van der Waals surface area contributed by atoms with Crippen molar-refractivity contribution in [2.24, 2.45) is 5.73 Å². The number of carbonyl (C=O) groups is 1. The average molecular weight is 100 g/mol. The minimum absolute atomic E-state index is 0.397. The highest BCUT2D eigenvalue weighted by atomic mass is 16.5. The summed E-state index contributed by atoms with van der Waals surface area (Å²) in [4.78, 5) is 10.0. The van der Waals surface area contributed by atoms with Gasteiger partial charge in [0.2, 0.25) is 5.91 Å². The van der Waals surface area contributed by atoms with E-state index in [-0.39, 0.29) is 0 Å². The van der Waals surface area contributed by atoms with Crippen LogP contribution in [0.1, 0.15) is 0 Å². The lowest BCUT2D eigenvalue weighted by atomic mass is 10.2. The second-order valence-corrected chi connectivity index (χ2v) is 1.39. The molecule has 1 radical (unpaired) electrons. The molecule has 0 spiro atoms. The molecule has 1 unspecified atom stereocenters. The maximum absolute atomic E-state index is 10.0. The molecule has 0 aromatic rings. The van der Waals surface area contributed by atoms with Gasteiger partial charge in [-0.25, -0.2) is 0 Å². The van der Waals surface area contributed by atoms with Gasteiger partial charge in [-0.05, 0) is 0 Å². The maximum Gasteiger partial charge on any atom is 0.246 e. The Morgan fingerprint density at radius 1 is 2.00 bits per heavy atom. The van der Waals surface area contributed by atoms with Crippen molar-refractivity contribution in [3.63, 3.8) is 0 Å². The van der Waals surface area contributed by atoms with Gasteiger partial charge in [-0.1, -0.05) is 0 Å². The van der Waals surface area contributed by atoms with Gasteiger partial charge in [0.25, 0.3) is 0 Å². The van der Waals surface area contributed by atoms with Gasteiger partial charge in [-0.2, -0.15) is 0 Å². The molecule has 1 aliphatic rings. The average Bonchev–Trinajstić information content (AvgIpc) is 1.23. The molecule has 3 heteroatoms. The first-order valence-electron chi connectivity index (χ1n) is 2.05. The zero-order valence-electron chi connectivity index (χ0n) is 3.76. The Kier molecular flexibility index (Phi) is 0.982. The van der Waals surface area contributed by atoms with Crippen molar-refractivity contribution in [3.05, 3.63) is 6.42 Å². The maximum atomic E-state index is 10.0. The highest BCUT2D eigenvalue weighted by Crippen LogP contribution is 2.06. The second-order valence-electron chi connectivity index (χ2n) is 1.39. The summed E-state index contributed by atoms with van der Waals surface area (Å²) in [6.45, 7) is 0.563. The number of rotatable bonds is 1. The van der Waals surface area contributed by atoms with Gasteiger partial charge in [-0.3, -0.25) is 4.79 Å². The highest BCUT2D eigenvalue weighted by Gasteiger charge is 2.23. The second kappa shape index (κ2) is 1.50. The van der Waals surface area contributed by atoms with Crippen LogP contribution < -0.4 is 5.73 Å². The molecule has 0 aromatic heterocycles. The van der Waals surface area contributed by atoms with Crippen molar-refractivity contribution in [2.45, 2.75) is 6.10 Å². The molecule has 2 N–H and O–H groups in total. The van der Waals surface area contributed by atoms with Crippen molar-refractivity contribution in [2.75, 3.05) is 6.61 Å². The van der Waals surface area contributed by atoms with E-state index in [4.69, 9.17) is 5.73 Å². The van der Waals surface area contributed by atoms with E-state index in [0.717, 1.165) is 0 Å². The van der Waals surface area contributed by atoms with Gasteiger partial charge in [-0.15, -0.1) is 0 Å². The molecular formula is C4H6NO2. The smallest absolute Gasteiger partial charge is 0.246 e. The topological polar surface area (TPSA) is 52.3 Å². The van der Waals surface area contributed by atoms with Crippen molar-refractivity contribution in [1.82, 2.24) is 0 Å². The standard InChI is InChI=1S/C4H6NO2/c5-4(6)3-1-2-7-3/h1,3H,2H2,(H2,5,6). The minimum Gasteiger partial charge on any atom is -0.368 e. The van der Waals surface area contributed by atoms with Gasteiger partial charge < -0.3 is 10.5 Å². The van der Waals surface area contributed by atoms with Crippen molar-refractivity contribution < 1.29 is 9.53 Å². The number of ether oxygens (including phenoxy) is 1. The molecule has 1 heterocycles. The summed E-state index contributed by atoms with van der Waals surface area (Å²) in [7, 11) is 0. The summed E-state index contributed by atoms with van der Waals surface area (Å²) in [5.74, 6) is -0.397. The number of carbonyl (C=O) groups excluding carboxylic acids is 1. The molecule has 1 saturated heterocycles. The van der Waals surface area contributed by atoms with Gasteiger partial charge in [0.1, 0.15) is 6.10 Å². The van der Waals surface area contributed by atoms with Crippen LogP contribution in [0.3, 0.4) is 0 Å². The fourth-order valence-electron chi connectivity index (χ4n) is 0.391. The van der Waals surface area contributed by atoms with Crippen molar-refractivity contribution in [1.29, 1.82) is 0 Å². The van der Waals surface area contributed by atoms with Gasteiger partial charge in [0.05, 0.1) is 6.61 Å². The SMILES string of the molecule is NC(=O)C1[CH]CO1. The Morgan fingerprint density at radius 2 is 2.57 bits per heavy atom. The molecular weight excluding hydrogens is 94.0 g/mol. The van der Waals surface area contributed by atoms with Gasteiger partial charge in [0, 0.05) is 6.42 Å².